The summed E-state index contributed by atoms with van der Waals surface area (Å²) in [7, 11) is 1.60. The highest BCUT2D eigenvalue weighted by Crippen LogP contribution is 2.28. The number of aryl methyl sites for hydroxylation is 2. The van der Waals surface area contributed by atoms with Gasteiger partial charge >= 0.3 is 0 Å². The molecule has 1 saturated carbocycles. The molecule has 2 aliphatic rings. The third kappa shape index (κ3) is 4.06. The summed E-state index contributed by atoms with van der Waals surface area (Å²) < 4.78 is 10.5. The number of benzene rings is 1. The number of hydrogen-bond acceptors (Lipinski definition) is 7. The lowest BCUT2D eigenvalue weighted by Gasteiger charge is -2.18. The van der Waals surface area contributed by atoms with Crippen LogP contribution >= 0.6 is 0 Å². The van der Waals surface area contributed by atoms with Gasteiger partial charge in [0.2, 0.25) is 0 Å². The first kappa shape index (κ1) is 20.1. The minimum atomic E-state index is -0.107. The molecule has 7 nitrogen and oxygen atoms in total. The second-order valence-electron chi connectivity index (χ2n) is 7.56. The summed E-state index contributed by atoms with van der Waals surface area (Å²) in [5.74, 6) is 1.28. The fraction of sp³-hybridized carbons (Fsp3) is 0.391. The highest BCUT2D eigenvalue weighted by Gasteiger charge is 2.28. The van der Waals surface area contributed by atoms with Crippen molar-refractivity contribution in [3.8, 4) is 5.75 Å². The maximum Gasteiger partial charge on any atom is 0.168 e. The maximum atomic E-state index is 12.6. The predicted molar refractivity (Wildman–Crippen MR) is 111 cm³/mol. The normalized spacial score (nSPS) is 19.7. The van der Waals surface area contributed by atoms with Gasteiger partial charge in [-0.05, 0) is 43.5 Å². The molecule has 0 bridgehead atoms. The topological polar surface area (TPSA) is 102 Å². The van der Waals surface area contributed by atoms with E-state index in [-0.39, 0.29) is 23.7 Å². The fourth-order valence-electron chi connectivity index (χ4n) is 4.00. The number of aliphatic imine (C=N–C) groups is 1. The largest absolute Gasteiger partial charge is 0.511 e. The molecule has 2 aromatic rings. The molecule has 0 aliphatic heterocycles. The van der Waals surface area contributed by atoms with Crippen molar-refractivity contribution in [3.05, 3.63) is 52.6 Å². The Morgan fingerprint density at radius 3 is 2.60 bits per heavy atom. The molecule has 1 N–H and O–H groups in total. The van der Waals surface area contributed by atoms with Crippen molar-refractivity contribution >= 4 is 23.0 Å². The number of aliphatic hydroxyl groups is 1. The third-order valence-electron chi connectivity index (χ3n) is 5.53. The molecule has 1 aromatic carbocycles. The number of Topliss-reactive ketones (excluding diaryl/α,β-unsaturated/α-hetero) is 2. The van der Waals surface area contributed by atoms with Crippen LogP contribution in [-0.2, 0) is 17.6 Å². The van der Waals surface area contributed by atoms with E-state index in [1.165, 1.54) is 0 Å². The Morgan fingerprint density at radius 1 is 1.10 bits per heavy atom. The maximum absolute atomic E-state index is 12.6. The number of ether oxygens (including phenoxy) is 1. The number of aliphatic hydroxyl groups excluding tert-OH is 1. The van der Waals surface area contributed by atoms with Crippen LogP contribution in [0.3, 0.4) is 0 Å². The Kier molecular flexibility index (Phi) is 5.79. The SMILES string of the molecule is COc1ccc(N=C2CCCC(=O)/C2=C(\O)CCc2noc3c2C(=O)CCC3)cc1. The van der Waals surface area contributed by atoms with Crippen LogP contribution in [-0.4, -0.2) is 34.7 Å². The van der Waals surface area contributed by atoms with E-state index in [9.17, 15) is 14.7 Å². The summed E-state index contributed by atoms with van der Waals surface area (Å²) in [4.78, 5) is 29.4. The molecule has 0 spiro atoms. The number of fused-ring (bicyclic) bond motifs is 1. The van der Waals surface area contributed by atoms with Crippen LogP contribution in [0.5, 0.6) is 5.75 Å². The molecule has 1 aromatic heterocycles. The minimum Gasteiger partial charge on any atom is -0.511 e. The van der Waals surface area contributed by atoms with Gasteiger partial charge in [-0.3, -0.25) is 14.6 Å². The van der Waals surface area contributed by atoms with E-state index in [2.05, 4.69) is 10.1 Å². The van der Waals surface area contributed by atoms with Gasteiger partial charge in [0.15, 0.2) is 11.6 Å². The number of allylic oxidation sites excluding steroid dienone is 2. The Balaban J connectivity index is 1.58. The number of aromatic nitrogens is 1. The molecule has 30 heavy (non-hydrogen) atoms. The van der Waals surface area contributed by atoms with Crippen LogP contribution in [0.1, 0.15) is 60.3 Å². The molecule has 4 rings (SSSR count). The summed E-state index contributed by atoms with van der Waals surface area (Å²) >= 11 is 0. The minimum absolute atomic E-state index is 0.00744. The molecule has 156 valence electrons. The average molecular weight is 408 g/mol. The van der Waals surface area contributed by atoms with Gasteiger partial charge in [-0.25, -0.2) is 0 Å². The predicted octanol–water partition coefficient (Wildman–Crippen LogP) is 4.47. The molecule has 7 heteroatoms. The Hall–Kier alpha value is -3.22. The first-order valence-electron chi connectivity index (χ1n) is 10.2. The van der Waals surface area contributed by atoms with Crippen molar-refractivity contribution in [2.75, 3.05) is 7.11 Å². The van der Waals surface area contributed by atoms with Crippen LogP contribution in [0.2, 0.25) is 0 Å². The van der Waals surface area contributed by atoms with Crippen LogP contribution in [0.4, 0.5) is 5.69 Å². The van der Waals surface area contributed by atoms with Gasteiger partial charge in [-0.2, -0.15) is 0 Å². The van der Waals surface area contributed by atoms with Gasteiger partial charge in [0.1, 0.15) is 17.3 Å². The zero-order valence-corrected chi connectivity index (χ0v) is 16.9. The zero-order valence-electron chi connectivity index (χ0n) is 16.9. The number of carbonyl (C=O) groups is 2. The second kappa shape index (κ2) is 8.65. The standard InChI is InChI=1S/C23H24N2O5/c1-29-15-10-8-14(9-11-15)24-16-4-2-5-18(26)22(16)20(28)13-12-17-23-19(27)6-3-7-21(23)30-25-17/h8-11,28H,2-7,12-13H2,1H3/b22-20-,24-16?. The van der Waals surface area contributed by atoms with Crippen LogP contribution < -0.4 is 4.74 Å². The van der Waals surface area contributed by atoms with Gasteiger partial charge in [-0.15, -0.1) is 0 Å². The van der Waals surface area contributed by atoms with Gasteiger partial charge < -0.3 is 14.4 Å². The number of nitrogens with zero attached hydrogens (tertiary/aromatic N) is 2. The summed E-state index contributed by atoms with van der Waals surface area (Å²) in [6.45, 7) is 0. The first-order valence-corrected chi connectivity index (χ1v) is 10.2. The summed E-state index contributed by atoms with van der Waals surface area (Å²) in [5.41, 5.74) is 2.69. The van der Waals surface area contributed by atoms with E-state index in [1.54, 1.807) is 19.2 Å². The number of ketones is 2. The summed E-state index contributed by atoms with van der Waals surface area (Å²) in [6, 6.07) is 7.23. The lowest BCUT2D eigenvalue weighted by molar-refractivity contribution is -0.115. The Morgan fingerprint density at radius 2 is 1.83 bits per heavy atom. The third-order valence-corrected chi connectivity index (χ3v) is 5.53. The van der Waals surface area contributed by atoms with Crippen molar-refractivity contribution in [3.63, 3.8) is 0 Å². The number of rotatable bonds is 5. The molecule has 1 fully saturated rings. The summed E-state index contributed by atoms with van der Waals surface area (Å²) in [5, 5.41) is 14.8. The Bertz CT molecular complexity index is 1030. The monoisotopic (exact) mass is 408 g/mol. The van der Waals surface area contributed by atoms with Crippen LogP contribution in [0, 0.1) is 0 Å². The van der Waals surface area contributed by atoms with E-state index >= 15 is 0 Å². The van der Waals surface area contributed by atoms with Crippen molar-refractivity contribution in [2.24, 2.45) is 4.99 Å². The van der Waals surface area contributed by atoms with E-state index < -0.39 is 0 Å². The van der Waals surface area contributed by atoms with Crippen LogP contribution in [0.25, 0.3) is 0 Å². The lowest BCUT2D eigenvalue weighted by Crippen LogP contribution is -2.21. The molecule has 0 amide bonds. The van der Waals surface area contributed by atoms with E-state index in [0.717, 1.165) is 12.2 Å². The molecule has 0 unspecified atom stereocenters. The highest BCUT2D eigenvalue weighted by molar-refractivity contribution is 6.24. The molecular weight excluding hydrogens is 384 g/mol. The van der Waals surface area contributed by atoms with E-state index in [1.807, 2.05) is 12.1 Å². The zero-order chi connectivity index (χ0) is 21.1. The summed E-state index contributed by atoms with van der Waals surface area (Å²) in [6.07, 6.45) is 4.22. The first-order chi connectivity index (χ1) is 14.6. The quantitative estimate of drug-likeness (QED) is 0.578. The van der Waals surface area contributed by atoms with Crippen molar-refractivity contribution in [1.29, 1.82) is 0 Å². The molecule has 2 aliphatic carbocycles. The number of methoxy groups -OCH3 is 1. The van der Waals surface area contributed by atoms with Crippen LogP contribution in [0.15, 0.2) is 45.1 Å². The fourth-order valence-corrected chi connectivity index (χ4v) is 4.00. The Labute approximate surface area is 174 Å². The molecule has 0 radical (unpaired) electrons. The molecule has 1 heterocycles. The lowest BCUT2D eigenvalue weighted by atomic mass is 9.88. The van der Waals surface area contributed by atoms with Crippen molar-refractivity contribution in [2.45, 2.75) is 51.4 Å². The van der Waals surface area contributed by atoms with E-state index in [4.69, 9.17) is 9.26 Å². The average Bonchev–Trinajstić information content (AvgIpc) is 3.17. The molecular formula is C23H24N2O5. The number of carbonyl (C=O) groups excluding carboxylic acids is 2. The number of hydrogen-bond donors (Lipinski definition) is 1. The van der Waals surface area contributed by atoms with Gasteiger partial charge in [-0.1, -0.05) is 5.16 Å². The molecule has 0 atom stereocenters. The molecule has 0 saturated heterocycles. The van der Waals surface area contributed by atoms with Gasteiger partial charge in [0.05, 0.1) is 35.3 Å². The van der Waals surface area contributed by atoms with Gasteiger partial charge in [0.25, 0.3) is 0 Å². The smallest absolute Gasteiger partial charge is 0.168 e. The second-order valence-corrected chi connectivity index (χ2v) is 7.56. The van der Waals surface area contributed by atoms with E-state index in [0.29, 0.717) is 72.5 Å². The van der Waals surface area contributed by atoms with Crippen molar-refractivity contribution in [1.82, 2.24) is 5.16 Å². The highest BCUT2D eigenvalue weighted by atomic mass is 16.5. The van der Waals surface area contributed by atoms with Gasteiger partial charge in [0, 0.05) is 32.1 Å². The van der Waals surface area contributed by atoms with Crippen molar-refractivity contribution < 1.29 is 24.0 Å².